The second-order valence-corrected chi connectivity index (χ2v) is 2.51. The Morgan fingerprint density at radius 3 is 3.00 bits per heavy atom. The first-order chi connectivity index (χ1) is 6.20. The number of hydrazone groups is 1. The number of nitrogens with zero attached hydrogens (tertiary/aromatic N) is 5. The average Bonchev–Trinajstić information content (AvgIpc) is 2.48. The third-order valence-electron chi connectivity index (χ3n) is 1.61. The fraction of sp³-hybridized carbons (Fsp3) is 0.667. The largest absolute Gasteiger partial charge is 0.269 e. The molecular weight excluding hydrogens is 174 g/mol. The summed E-state index contributed by atoms with van der Waals surface area (Å²) in [7, 11) is 0. The van der Waals surface area contributed by atoms with Gasteiger partial charge in [-0.25, -0.2) is 10.1 Å². The fourth-order valence-corrected chi connectivity index (χ4v) is 1.05. The van der Waals surface area contributed by atoms with Gasteiger partial charge in [-0.2, -0.15) is 10.4 Å². The van der Waals surface area contributed by atoms with Crippen molar-refractivity contribution in [2.45, 2.75) is 19.5 Å². The fourth-order valence-electron chi connectivity index (χ4n) is 1.05. The van der Waals surface area contributed by atoms with Gasteiger partial charge in [0.2, 0.25) is 0 Å². The number of nitriles is 1. The van der Waals surface area contributed by atoms with Gasteiger partial charge in [0.05, 0.1) is 0 Å². The van der Waals surface area contributed by atoms with Crippen LogP contribution in [-0.2, 0) is 0 Å². The molecule has 1 atom stereocenters. The molecule has 0 bridgehead atoms. The van der Waals surface area contributed by atoms with Crippen LogP contribution in [0.2, 0.25) is 0 Å². The highest BCUT2D eigenvalue weighted by molar-refractivity contribution is 5.56. The molecule has 0 spiro atoms. The van der Waals surface area contributed by atoms with E-state index in [0.29, 0.717) is 11.6 Å². The summed E-state index contributed by atoms with van der Waals surface area (Å²) in [5.74, 6) is 0. The van der Waals surface area contributed by atoms with Crippen molar-refractivity contribution in [1.82, 2.24) is 10.0 Å². The number of nitro groups is 1. The van der Waals surface area contributed by atoms with Crippen LogP contribution in [-0.4, -0.2) is 34.1 Å². The summed E-state index contributed by atoms with van der Waals surface area (Å²) in [6, 6.07) is 1.82. The van der Waals surface area contributed by atoms with Gasteiger partial charge < -0.3 is 0 Å². The van der Waals surface area contributed by atoms with E-state index in [1.165, 1.54) is 5.01 Å². The van der Waals surface area contributed by atoms with Crippen LogP contribution >= 0.6 is 0 Å². The molecular formula is C6H9N5O2. The maximum absolute atomic E-state index is 10.4. The normalized spacial score (nSPS) is 20.5. The molecule has 0 amide bonds. The van der Waals surface area contributed by atoms with Gasteiger partial charge in [-0.1, -0.05) is 6.92 Å². The Morgan fingerprint density at radius 2 is 2.54 bits per heavy atom. The Balaban J connectivity index is 2.70. The lowest BCUT2D eigenvalue weighted by atomic mass is 10.4. The summed E-state index contributed by atoms with van der Waals surface area (Å²) < 4.78 is 0. The van der Waals surface area contributed by atoms with Gasteiger partial charge in [-0.3, -0.25) is 5.01 Å². The molecule has 13 heavy (non-hydrogen) atoms. The van der Waals surface area contributed by atoms with E-state index in [0.717, 1.165) is 12.8 Å². The first-order valence-electron chi connectivity index (χ1n) is 3.83. The first kappa shape index (κ1) is 9.25. The van der Waals surface area contributed by atoms with Gasteiger partial charge >= 0.3 is 0 Å². The molecule has 1 aliphatic rings. The Kier molecular flexibility index (Phi) is 2.64. The lowest BCUT2D eigenvalue weighted by molar-refractivity contribution is -0.634. The van der Waals surface area contributed by atoms with E-state index in [4.69, 9.17) is 5.26 Å². The van der Waals surface area contributed by atoms with Crippen LogP contribution in [0.5, 0.6) is 0 Å². The zero-order chi connectivity index (χ0) is 9.84. The Morgan fingerprint density at radius 1 is 1.85 bits per heavy atom. The number of hydrazine groups is 1. The minimum Gasteiger partial charge on any atom is -0.254 e. The number of hydrogen-bond acceptors (Lipinski definition) is 5. The summed E-state index contributed by atoms with van der Waals surface area (Å²) in [4.78, 5) is 10.4. The predicted octanol–water partition coefficient (Wildman–Crippen LogP) is -0.00132. The van der Waals surface area contributed by atoms with Gasteiger partial charge in [-0.05, 0) is 11.4 Å². The van der Waals surface area contributed by atoms with Crippen LogP contribution in [0.15, 0.2) is 5.10 Å². The quantitative estimate of drug-likeness (QED) is 0.454. The lowest BCUT2D eigenvalue weighted by Gasteiger charge is -2.17. The first-order valence-corrected chi connectivity index (χ1v) is 3.83. The maximum Gasteiger partial charge on any atom is 0.269 e. The topological polar surface area (TPSA) is 85.8 Å². The van der Waals surface area contributed by atoms with E-state index in [1.54, 1.807) is 0 Å². The van der Waals surface area contributed by atoms with Gasteiger partial charge in [-0.15, -0.1) is 0 Å². The summed E-state index contributed by atoms with van der Waals surface area (Å²) >= 11 is 0. The molecule has 7 nitrogen and oxygen atoms in total. The van der Waals surface area contributed by atoms with E-state index < -0.39 is 11.2 Å². The van der Waals surface area contributed by atoms with E-state index in [9.17, 15) is 10.1 Å². The van der Waals surface area contributed by atoms with Gasteiger partial charge in [0, 0.05) is 6.54 Å². The van der Waals surface area contributed by atoms with Crippen molar-refractivity contribution in [2.24, 2.45) is 5.10 Å². The van der Waals surface area contributed by atoms with Crippen LogP contribution in [0.3, 0.4) is 0 Å². The van der Waals surface area contributed by atoms with Crippen LogP contribution in [0.25, 0.3) is 0 Å². The number of hydrogen-bond donors (Lipinski definition) is 0. The zero-order valence-corrected chi connectivity index (χ0v) is 7.12. The SMILES string of the molecule is CCCN1N=CN([N+](=O)[O-])C1C#N. The Hall–Kier alpha value is -1.84. The lowest BCUT2D eigenvalue weighted by Crippen LogP contribution is -2.41. The van der Waals surface area contributed by atoms with Crippen molar-refractivity contribution in [2.75, 3.05) is 6.54 Å². The summed E-state index contributed by atoms with van der Waals surface area (Å²) in [6.07, 6.45) is 0.944. The van der Waals surface area contributed by atoms with Crippen molar-refractivity contribution in [3.63, 3.8) is 0 Å². The third-order valence-corrected chi connectivity index (χ3v) is 1.61. The van der Waals surface area contributed by atoms with Crippen molar-refractivity contribution in [1.29, 1.82) is 5.26 Å². The monoisotopic (exact) mass is 183 g/mol. The van der Waals surface area contributed by atoms with Crippen LogP contribution in [0.4, 0.5) is 0 Å². The molecule has 0 aromatic heterocycles. The molecule has 7 heteroatoms. The molecule has 0 saturated carbocycles. The second-order valence-electron chi connectivity index (χ2n) is 2.51. The molecule has 0 radical (unpaired) electrons. The molecule has 0 fully saturated rings. The van der Waals surface area contributed by atoms with Gasteiger partial charge in [0.25, 0.3) is 6.17 Å². The van der Waals surface area contributed by atoms with Crippen LogP contribution < -0.4 is 0 Å². The van der Waals surface area contributed by atoms with Crippen LogP contribution in [0, 0.1) is 21.4 Å². The standard InChI is InChI=1S/C6H9N5O2/c1-2-3-9-6(4-7)10(5-8-9)11(12)13/h5-6H,2-3H2,1H3. The minimum absolute atomic E-state index is 0.541. The summed E-state index contributed by atoms with van der Waals surface area (Å²) in [5, 5.41) is 24.2. The van der Waals surface area contributed by atoms with E-state index >= 15 is 0 Å². The highest BCUT2D eigenvalue weighted by Crippen LogP contribution is 2.11. The van der Waals surface area contributed by atoms with Crippen molar-refractivity contribution in [3.8, 4) is 6.07 Å². The predicted molar refractivity (Wildman–Crippen MR) is 43.7 cm³/mol. The second kappa shape index (κ2) is 3.71. The molecule has 0 aromatic rings. The summed E-state index contributed by atoms with van der Waals surface area (Å²) in [5.41, 5.74) is 0. The van der Waals surface area contributed by atoms with Gasteiger partial charge in [0.1, 0.15) is 6.07 Å². The molecule has 0 aliphatic carbocycles. The minimum atomic E-state index is -0.907. The van der Waals surface area contributed by atoms with Crippen LogP contribution in [0.1, 0.15) is 13.3 Å². The molecule has 1 aliphatic heterocycles. The van der Waals surface area contributed by atoms with E-state index in [1.807, 2.05) is 13.0 Å². The van der Waals surface area contributed by atoms with Gasteiger partial charge in [0.15, 0.2) is 11.4 Å². The van der Waals surface area contributed by atoms with Crippen molar-refractivity contribution >= 4 is 6.34 Å². The molecule has 0 aromatic carbocycles. The molecule has 0 saturated heterocycles. The molecule has 1 rings (SSSR count). The maximum atomic E-state index is 10.4. The zero-order valence-electron chi connectivity index (χ0n) is 7.12. The van der Waals surface area contributed by atoms with Crippen molar-refractivity contribution < 1.29 is 5.03 Å². The Labute approximate surface area is 75.0 Å². The average molecular weight is 183 g/mol. The highest BCUT2D eigenvalue weighted by Gasteiger charge is 2.35. The molecule has 1 heterocycles. The number of rotatable bonds is 3. The molecule has 1 unspecified atom stereocenters. The third kappa shape index (κ3) is 1.66. The Bertz CT molecular complexity index is 271. The van der Waals surface area contributed by atoms with Crippen molar-refractivity contribution in [3.05, 3.63) is 10.1 Å². The van der Waals surface area contributed by atoms with E-state index in [-0.39, 0.29) is 0 Å². The molecule has 0 N–H and O–H groups in total. The smallest absolute Gasteiger partial charge is 0.254 e. The molecule has 70 valence electrons. The summed E-state index contributed by atoms with van der Waals surface area (Å²) in [6.45, 7) is 2.46. The highest BCUT2D eigenvalue weighted by atomic mass is 16.7. The van der Waals surface area contributed by atoms with E-state index in [2.05, 4.69) is 5.10 Å².